The molecule has 0 unspecified atom stereocenters. The predicted molar refractivity (Wildman–Crippen MR) is 110 cm³/mol. The molecule has 1 fully saturated rings. The molecule has 1 saturated heterocycles. The summed E-state index contributed by atoms with van der Waals surface area (Å²) in [6.07, 6.45) is 0. The van der Waals surface area contributed by atoms with E-state index in [1.165, 1.54) is 11.8 Å². The highest BCUT2D eigenvalue weighted by atomic mass is 32.2. The van der Waals surface area contributed by atoms with Gasteiger partial charge in [-0.3, -0.25) is 4.79 Å². The molecule has 6 nitrogen and oxygen atoms in total. The van der Waals surface area contributed by atoms with Gasteiger partial charge in [-0.05, 0) is 24.3 Å². The zero-order valence-corrected chi connectivity index (χ0v) is 16.1. The van der Waals surface area contributed by atoms with Crippen molar-refractivity contribution in [3.05, 3.63) is 54.6 Å². The normalized spacial score (nSPS) is 14.7. The number of thioether (sulfide) groups is 1. The van der Waals surface area contributed by atoms with E-state index >= 15 is 0 Å². The molecule has 0 bridgehead atoms. The summed E-state index contributed by atoms with van der Waals surface area (Å²) in [7, 11) is 1.60. The standard InChI is InChI=1S/C20H23N3O3S/c1-25-18-9-5-8-17(14-18)21-19(24)15-27-20(23-10-12-26-13-11-23)22-16-6-3-2-4-7-16/h2-9,14H,10-13,15H2,1H3,(H,21,24). The molecule has 0 aliphatic carbocycles. The van der Waals surface area contributed by atoms with E-state index in [1.807, 2.05) is 48.5 Å². The van der Waals surface area contributed by atoms with E-state index in [2.05, 4.69) is 10.2 Å². The monoisotopic (exact) mass is 385 g/mol. The highest BCUT2D eigenvalue weighted by Crippen LogP contribution is 2.20. The first-order valence-electron chi connectivity index (χ1n) is 8.78. The number of para-hydroxylation sites is 1. The minimum absolute atomic E-state index is 0.0812. The molecule has 142 valence electrons. The van der Waals surface area contributed by atoms with Crippen LogP contribution in [0.3, 0.4) is 0 Å². The highest BCUT2D eigenvalue weighted by Gasteiger charge is 2.17. The number of rotatable bonds is 5. The number of morpholine rings is 1. The second-order valence-electron chi connectivity index (χ2n) is 5.90. The van der Waals surface area contributed by atoms with Crippen LogP contribution in [0.15, 0.2) is 59.6 Å². The first kappa shape index (κ1) is 19.3. The molecule has 0 radical (unpaired) electrons. The summed E-state index contributed by atoms with van der Waals surface area (Å²) in [5, 5.41) is 3.74. The van der Waals surface area contributed by atoms with Crippen LogP contribution in [0, 0.1) is 0 Å². The molecule has 0 spiro atoms. The van der Waals surface area contributed by atoms with Gasteiger partial charge in [0.1, 0.15) is 5.75 Å². The Bertz CT molecular complexity index is 777. The number of nitrogens with one attached hydrogen (secondary N) is 1. The molecule has 2 aromatic rings. The van der Waals surface area contributed by atoms with Crippen molar-refractivity contribution in [3.63, 3.8) is 0 Å². The maximum atomic E-state index is 12.4. The highest BCUT2D eigenvalue weighted by molar-refractivity contribution is 8.14. The van der Waals surface area contributed by atoms with Gasteiger partial charge in [0.15, 0.2) is 5.17 Å². The molecule has 27 heavy (non-hydrogen) atoms. The molecule has 0 saturated carbocycles. The average Bonchev–Trinajstić information content (AvgIpc) is 2.72. The van der Waals surface area contributed by atoms with Crippen LogP contribution in [-0.2, 0) is 9.53 Å². The number of amidine groups is 1. The number of ether oxygens (including phenoxy) is 2. The molecule has 2 aromatic carbocycles. The van der Waals surface area contributed by atoms with E-state index in [1.54, 1.807) is 13.2 Å². The molecule has 3 rings (SSSR count). The fraction of sp³-hybridized carbons (Fsp3) is 0.300. The Labute approximate surface area is 163 Å². The zero-order valence-electron chi connectivity index (χ0n) is 15.3. The lowest BCUT2D eigenvalue weighted by atomic mass is 10.3. The largest absolute Gasteiger partial charge is 0.497 e. The lowest BCUT2D eigenvalue weighted by Gasteiger charge is -2.29. The van der Waals surface area contributed by atoms with Crippen molar-refractivity contribution in [1.29, 1.82) is 0 Å². The number of nitrogens with zero attached hydrogens (tertiary/aromatic N) is 2. The van der Waals surface area contributed by atoms with Crippen molar-refractivity contribution in [1.82, 2.24) is 4.90 Å². The van der Waals surface area contributed by atoms with Crippen LogP contribution < -0.4 is 10.1 Å². The molecular formula is C20H23N3O3S. The van der Waals surface area contributed by atoms with E-state index in [9.17, 15) is 4.79 Å². The average molecular weight is 385 g/mol. The minimum Gasteiger partial charge on any atom is -0.497 e. The third-order valence-electron chi connectivity index (χ3n) is 3.95. The molecule has 7 heteroatoms. The topological polar surface area (TPSA) is 63.2 Å². The number of carbonyl (C=O) groups is 1. The van der Waals surface area contributed by atoms with Gasteiger partial charge < -0.3 is 19.7 Å². The van der Waals surface area contributed by atoms with Crippen molar-refractivity contribution in [3.8, 4) is 5.75 Å². The molecule has 0 aromatic heterocycles. The van der Waals surface area contributed by atoms with E-state index in [0.29, 0.717) is 24.7 Å². The van der Waals surface area contributed by atoms with Crippen LogP contribution in [0.2, 0.25) is 0 Å². The van der Waals surface area contributed by atoms with Gasteiger partial charge in [0.2, 0.25) is 5.91 Å². The van der Waals surface area contributed by atoms with Crippen molar-refractivity contribution in [2.75, 3.05) is 44.5 Å². The molecule has 1 aliphatic rings. The lowest BCUT2D eigenvalue weighted by molar-refractivity contribution is -0.113. The molecule has 1 amide bonds. The molecule has 1 heterocycles. The van der Waals surface area contributed by atoms with Crippen LogP contribution >= 0.6 is 11.8 Å². The number of benzene rings is 2. The number of aliphatic imine (C=N–C) groups is 1. The number of methoxy groups -OCH3 is 1. The Balaban J connectivity index is 1.64. The van der Waals surface area contributed by atoms with Gasteiger partial charge in [-0.1, -0.05) is 36.0 Å². The van der Waals surface area contributed by atoms with E-state index in [0.717, 1.165) is 23.9 Å². The van der Waals surface area contributed by atoms with Gasteiger partial charge in [0, 0.05) is 24.8 Å². The van der Waals surface area contributed by atoms with Crippen LogP contribution in [0.4, 0.5) is 11.4 Å². The summed E-state index contributed by atoms with van der Waals surface area (Å²) in [6, 6.07) is 17.1. The molecule has 1 aliphatic heterocycles. The lowest BCUT2D eigenvalue weighted by Crippen LogP contribution is -2.39. The van der Waals surface area contributed by atoms with E-state index in [4.69, 9.17) is 14.5 Å². The summed E-state index contributed by atoms with van der Waals surface area (Å²) >= 11 is 1.44. The summed E-state index contributed by atoms with van der Waals surface area (Å²) in [5.41, 5.74) is 1.59. The SMILES string of the molecule is COc1cccc(NC(=O)CSC(=Nc2ccccc2)N2CCOCC2)c1. The number of hydrogen-bond acceptors (Lipinski definition) is 5. The number of carbonyl (C=O) groups excluding carboxylic acids is 1. The Kier molecular flexibility index (Phi) is 7.12. The van der Waals surface area contributed by atoms with Crippen LogP contribution in [-0.4, -0.2) is 55.1 Å². The van der Waals surface area contributed by atoms with Gasteiger partial charge in [0.05, 0.1) is 31.8 Å². The minimum atomic E-state index is -0.0812. The summed E-state index contributed by atoms with van der Waals surface area (Å²) in [6.45, 7) is 2.89. The quantitative estimate of drug-likeness (QED) is 0.631. The van der Waals surface area contributed by atoms with Crippen LogP contribution in [0.25, 0.3) is 0 Å². The van der Waals surface area contributed by atoms with Crippen molar-refractivity contribution >= 4 is 34.2 Å². The maximum Gasteiger partial charge on any atom is 0.234 e. The first-order valence-corrected chi connectivity index (χ1v) is 9.76. The summed E-state index contributed by atoms with van der Waals surface area (Å²) in [4.78, 5) is 19.3. The Morgan fingerprint density at radius 1 is 1.19 bits per heavy atom. The van der Waals surface area contributed by atoms with Gasteiger partial charge >= 0.3 is 0 Å². The summed E-state index contributed by atoms with van der Waals surface area (Å²) < 4.78 is 10.6. The molecular weight excluding hydrogens is 362 g/mol. The zero-order chi connectivity index (χ0) is 18.9. The van der Waals surface area contributed by atoms with Crippen molar-refractivity contribution < 1.29 is 14.3 Å². The maximum absolute atomic E-state index is 12.4. The Morgan fingerprint density at radius 2 is 1.96 bits per heavy atom. The van der Waals surface area contributed by atoms with Gasteiger partial charge in [-0.2, -0.15) is 0 Å². The second kappa shape index (κ2) is 9.99. The molecule has 1 N–H and O–H groups in total. The smallest absolute Gasteiger partial charge is 0.234 e. The van der Waals surface area contributed by atoms with Crippen LogP contribution in [0.5, 0.6) is 5.75 Å². The molecule has 0 atom stereocenters. The van der Waals surface area contributed by atoms with E-state index < -0.39 is 0 Å². The number of hydrogen-bond donors (Lipinski definition) is 1. The fourth-order valence-corrected chi connectivity index (χ4v) is 3.46. The second-order valence-corrected chi connectivity index (χ2v) is 6.84. The third-order valence-corrected chi connectivity index (χ3v) is 4.96. The Morgan fingerprint density at radius 3 is 2.70 bits per heavy atom. The summed E-state index contributed by atoms with van der Waals surface area (Å²) in [5.74, 6) is 0.905. The van der Waals surface area contributed by atoms with Gasteiger partial charge in [-0.25, -0.2) is 4.99 Å². The number of anilines is 1. The van der Waals surface area contributed by atoms with Crippen molar-refractivity contribution in [2.45, 2.75) is 0 Å². The van der Waals surface area contributed by atoms with Crippen molar-refractivity contribution in [2.24, 2.45) is 4.99 Å². The van der Waals surface area contributed by atoms with Gasteiger partial charge in [0.25, 0.3) is 0 Å². The van der Waals surface area contributed by atoms with Crippen LogP contribution in [0.1, 0.15) is 0 Å². The fourth-order valence-electron chi connectivity index (χ4n) is 2.59. The first-order chi connectivity index (χ1) is 13.2. The van der Waals surface area contributed by atoms with Gasteiger partial charge in [-0.15, -0.1) is 0 Å². The number of amides is 1. The predicted octanol–water partition coefficient (Wildman–Crippen LogP) is 3.39. The van der Waals surface area contributed by atoms with E-state index in [-0.39, 0.29) is 11.7 Å². The third kappa shape index (κ3) is 6.01. The Hall–Kier alpha value is -2.51.